The van der Waals surface area contributed by atoms with Crippen molar-refractivity contribution >= 4 is 47.8 Å². The van der Waals surface area contributed by atoms with E-state index in [9.17, 15) is 9.59 Å². The van der Waals surface area contributed by atoms with Crippen molar-refractivity contribution < 1.29 is 9.59 Å². The maximum Gasteiger partial charge on any atom is 0.235 e. The molecular formula is C14H14Cl2N2O2. The summed E-state index contributed by atoms with van der Waals surface area (Å²) < 4.78 is 0. The normalized spacial score (nSPS) is 9.00. The highest BCUT2D eigenvalue weighted by Crippen LogP contribution is 2.21. The minimum Gasteiger partial charge on any atom is -0.397 e. The number of rotatable bonds is 3. The molecule has 0 saturated heterocycles. The number of Topliss-reactive ketones (excluding diaryl/α,β-unsaturated/α-hetero) is 2. The SMILES string of the molecule is Cl.Cl.Nc1cccc(C(=O)C(=O)c2ccccc2)c1N. The second kappa shape index (κ2) is 7.53. The summed E-state index contributed by atoms with van der Waals surface area (Å²) in [7, 11) is 0. The smallest absolute Gasteiger partial charge is 0.235 e. The molecule has 0 spiro atoms. The molecule has 0 aliphatic carbocycles. The van der Waals surface area contributed by atoms with E-state index in [0.29, 0.717) is 11.3 Å². The third kappa shape index (κ3) is 3.50. The molecule has 2 aromatic rings. The zero-order chi connectivity index (χ0) is 13.1. The first kappa shape index (κ1) is 18.0. The number of hydrogen-bond donors (Lipinski definition) is 2. The number of halogens is 2. The number of carbonyl (C=O) groups excluding carboxylic acids is 2. The van der Waals surface area contributed by atoms with Gasteiger partial charge in [0.15, 0.2) is 0 Å². The Bertz CT molecular complexity index is 616. The summed E-state index contributed by atoms with van der Waals surface area (Å²) >= 11 is 0. The Hall–Kier alpha value is -2.04. The van der Waals surface area contributed by atoms with Gasteiger partial charge in [-0.1, -0.05) is 36.4 Å². The highest BCUT2D eigenvalue weighted by Gasteiger charge is 2.20. The maximum atomic E-state index is 12.0. The minimum atomic E-state index is -0.647. The molecule has 0 aliphatic heterocycles. The van der Waals surface area contributed by atoms with Gasteiger partial charge in [0.2, 0.25) is 11.6 Å². The molecular weight excluding hydrogens is 299 g/mol. The van der Waals surface area contributed by atoms with Gasteiger partial charge in [0.25, 0.3) is 0 Å². The lowest BCUT2D eigenvalue weighted by Crippen LogP contribution is -2.16. The number of hydrogen-bond acceptors (Lipinski definition) is 4. The Labute approximate surface area is 129 Å². The van der Waals surface area contributed by atoms with Crippen LogP contribution in [0.15, 0.2) is 48.5 Å². The van der Waals surface area contributed by atoms with Gasteiger partial charge in [0.1, 0.15) is 0 Å². The number of nitrogen functional groups attached to an aromatic ring is 2. The Kier molecular flexibility index (Phi) is 6.76. The zero-order valence-electron chi connectivity index (χ0n) is 10.4. The van der Waals surface area contributed by atoms with Gasteiger partial charge in [-0.2, -0.15) is 0 Å². The van der Waals surface area contributed by atoms with Crippen molar-refractivity contribution in [2.75, 3.05) is 11.5 Å². The third-order valence-corrected chi connectivity index (χ3v) is 2.63. The predicted molar refractivity (Wildman–Crippen MR) is 84.9 cm³/mol. The fourth-order valence-corrected chi connectivity index (χ4v) is 1.62. The van der Waals surface area contributed by atoms with E-state index in [0.717, 1.165) is 0 Å². The minimum absolute atomic E-state index is 0. The van der Waals surface area contributed by atoms with E-state index in [1.807, 2.05) is 0 Å². The second-order valence-electron chi connectivity index (χ2n) is 3.83. The van der Waals surface area contributed by atoms with Gasteiger partial charge in [-0.05, 0) is 12.1 Å². The van der Waals surface area contributed by atoms with Crippen LogP contribution in [0.5, 0.6) is 0 Å². The number of carbonyl (C=O) groups is 2. The molecule has 0 saturated carbocycles. The number of para-hydroxylation sites is 1. The van der Waals surface area contributed by atoms with Crippen molar-refractivity contribution in [1.29, 1.82) is 0 Å². The van der Waals surface area contributed by atoms with E-state index in [1.54, 1.807) is 42.5 Å². The summed E-state index contributed by atoms with van der Waals surface area (Å²) in [5.41, 5.74) is 12.2. The number of ketones is 2. The molecule has 0 heterocycles. The van der Waals surface area contributed by atoms with Crippen LogP contribution in [0.25, 0.3) is 0 Å². The Balaban J connectivity index is 0.00000180. The first-order valence-corrected chi connectivity index (χ1v) is 5.39. The van der Waals surface area contributed by atoms with Crippen LogP contribution in [0.3, 0.4) is 0 Å². The van der Waals surface area contributed by atoms with E-state index in [1.165, 1.54) is 6.07 Å². The largest absolute Gasteiger partial charge is 0.397 e. The molecule has 0 fully saturated rings. The molecule has 0 radical (unpaired) electrons. The molecule has 0 unspecified atom stereocenters. The molecule has 106 valence electrons. The van der Waals surface area contributed by atoms with Crippen LogP contribution in [0.1, 0.15) is 20.7 Å². The predicted octanol–water partition coefficient (Wildman–Crippen LogP) is 2.76. The van der Waals surface area contributed by atoms with E-state index >= 15 is 0 Å². The van der Waals surface area contributed by atoms with Crippen LogP contribution >= 0.6 is 24.8 Å². The molecule has 4 N–H and O–H groups in total. The average molecular weight is 313 g/mol. The van der Waals surface area contributed by atoms with Crippen molar-refractivity contribution in [2.45, 2.75) is 0 Å². The van der Waals surface area contributed by atoms with Crippen molar-refractivity contribution in [1.82, 2.24) is 0 Å². The molecule has 0 aliphatic rings. The van der Waals surface area contributed by atoms with Crippen LogP contribution in [-0.2, 0) is 0 Å². The van der Waals surface area contributed by atoms with Crippen LogP contribution in [0.2, 0.25) is 0 Å². The Morgan fingerprint density at radius 2 is 1.35 bits per heavy atom. The lowest BCUT2D eigenvalue weighted by atomic mass is 10.00. The summed E-state index contributed by atoms with van der Waals surface area (Å²) in [6.07, 6.45) is 0. The zero-order valence-corrected chi connectivity index (χ0v) is 12.0. The summed E-state index contributed by atoms with van der Waals surface area (Å²) in [5, 5.41) is 0. The standard InChI is InChI=1S/C14H12N2O2.2ClH/c15-11-8-4-7-10(12(11)16)14(18)13(17)9-5-2-1-3-6-9;;/h1-8H,15-16H2;2*1H. The van der Waals surface area contributed by atoms with E-state index in [-0.39, 0.29) is 36.1 Å². The van der Waals surface area contributed by atoms with E-state index < -0.39 is 11.6 Å². The molecule has 0 atom stereocenters. The fourth-order valence-electron chi connectivity index (χ4n) is 1.62. The Morgan fingerprint density at radius 1 is 0.750 bits per heavy atom. The lowest BCUT2D eigenvalue weighted by Gasteiger charge is -2.06. The molecule has 2 rings (SSSR count). The third-order valence-electron chi connectivity index (χ3n) is 2.63. The Morgan fingerprint density at radius 3 is 1.95 bits per heavy atom. The number of anilines is 2. The molecule has 4 nitrogen and oxygen atoms in total. The van der Waals surface area contributed by atoms with Crippen molar-refractivity contribution in [3.8, 4) is 0 Å². The molecule has 0 bridgehead atoms. The van der Waals surface area contributed by atoms with Crippen molar-refractivity contribution in [2.24, 2.45) is 0 Å². The van der Waals surface area contributed by atoms with Crippen LogP contribution in [0.4, 0.5) is 11.4 Å². The highest BCUT2D eigenvalue weighted by atomic mass is 35.5. The van der Waals surface area contributed by atoms with Gasteiger partial charge >= 0.3 is 0 Å². The molecule has 6 heteroatoms. The quantitative estimate of drug-likeness (QED) is 0.518. The molecule has 2 aromatic carbocycles. The first-order chi connectivity index (χ1) is 8.61. The van der Waals surface area contributed by atoms with Crippen molar-refractivity contribution in [3.63, 3.8) is 0 Å². The van der Waals surface area contributed by atoms with Gasteiger partial charge in [-0.15, -0.1) is 24.8 Å². The first-order valence-electron chi connectivity index (χ1n) is 5.39. The van der Waals surface area contributed by atoms with Gasteiger partial charge < -0.3 is 11.5 Å². The van der Waals surface area contributed by atoms with E-state index in [4.69, 9.17) is 11.5 Å². The summed E-state index contributed by atoms with van der Waals surface area (Å²) in [6.45, 7) is 0. The average Bonchev–Trinajstić information content (AvgIpc) is 2.41. The van der Waals surface area contributed by atoms with Crippen LogP contribution in [0, 0.1) is 0 Å². The van der Waals surface area contributed by atoms with Crippen LogP contribution in [-0.4, -0.2) is 11.6 Å². The van der Waals surface area contributed by atoms with Crippen molar-refractivity contribution in [3.05, 3.63) is 59.7 Å². The number of benzene rings is 2. The lowest BCUT2D eigenvalue weighted by molar-refractivity contribution is 0.0817. The molecule has 0 amide bonds. The summed E-state index contributed by atoms with van der Waals surface area (Å²) in [4.78, 5) is 24.0. The van der Waals surface area contributed by atoms with Gasteiger partial charge in [-0.25, -0.2) is 0 Å². The molecule has 0 aromatic heterocycles. The topological polar surface area (TPSA) is 86.2 Å². The summed E-state index contributed by atoms with van der Waals surface area (Å²) in [5.74, 6) is -1.24. The monoisotopic (exact) mass is 312 g/mol. The highest BCUT2D eigenvalue weighted by molar-refractivity contribution is 6.50. The van der Waals surface area contributed by atoms with Gasteiger partial charge in [0.05, 0.1) is 16.9 Å². The van der Waals surface area contributed by atoms with E-state index in [2.05, 4.69) is 0 Å². The summed E-state index contributed by atoms with van der Waals surface area (Å²) in [6, 6.07) is 13.0. The van der Waals surface area contributed by atoms with Gasteiger partial charge in [0, 0.05) is 5.56 Å². The van der Waals surface area contributed by atoms with Crippen LogP contribution < -0.4 is 11.5 Å². The fraction of sp³-hybridized carbons (Fsp3) is 0. The van der Waals surface area contributed by atoms with Gasteiger partial charge in [-0.3, -0.25) is 9.59 Å². The molecule has 20 heavy (non-hydrogen) atoms. The maximum absolute atomic E-state index is 12.0. The number of nitrogens with two attached hydrogens (primary N) is 2. The second-order valence-corrected chi connectivity index (χ2v) is 3.83.